The van der Waals surface area contributed by atoms with Crippen molar-refractivity contribution in [2.75, 3.05) is 6.61 Å². The SMILES string of the molecule is O=C(Cc1ccc(O)c(O)c1)OCCCc1ccccc1. The van der Waals surface area contributed by atoms with Gasteiger partial charge in [-0.2, -0.15) is 0 Å². The van der Waals surface area contributed by atoms with Gasteiger partial charge >= 0.3 is 5.97 Å². The highest BCUT2D eigenvalue weighted by Crippen LogP contribution is 2.25. The lowest BCUT2D eigenvalue weighted by Crippen LogP contribution is -2.09. The van der Waals surface area contributed by atoms with Crippen molar-refractivity contribution in [2.24, 2.45) is 0 Å². The summed E-state index contributed by atoms with van der Waals surface area (Å²) in [7, 11) is 0. The third kappa shape index (κ3) is 4.84. The first-order chi connectivity index (χ1) is 10.1. The molecule has 0 bridgehead atoms. The first-order valence-corrected chi connectivity index (χ1v) is 6.85. The molecule has 4 heteroatoms. The van der Waals surface area contributed by atoms with E-state index in [1.807, 2.05) is 30.3 Å². The molecular weight excluding hydrogens is 268 g/mol. The van der Waals surface area contributed by atoms with Crippen molar-refractivity contribution in [3.05, 3.63) is 59.7 Å². The van der Waals surface area contributed by atoms with Crippen LogP contribution in [-0.2, 0) is 22.4 Å². The van der Waals surface area contributed by atoms with Gasteiger partial charge in [0.15, 0.2) is 11.5 Å². The van der Waals surface area contributed by atoms with E-state index >= 15 is 0 Å². The largest absolute Gasteiger partial charge is 0.504 e. The standard InChI is InChI=1S/C17H18O4/c18-15-9-8-14(11-16(15)19)12-17(20)21-10-4-7-13-5-2-1-3-6-13/h1-3,5-6,8-9,11,18-19H,4,7,10,12H2. The van der Waals surface area contributed by atoms with Crippen LogP contribution >= 0.6 is 0 Å². The lowest BCUT2D eigenvalue weighted by molar-refractivity contribution is -0.142. The molecule has 2 rings (SSSR count). The number of ether oxygens (including phenoxy) is 1. The molecule has 0 saturated carbocycles. The minimum absolute atomic E-state index is 0.0825. The quantitative estimate of drug-likeness (QED) is 0.487. The summed E-state index contributed by atoms with van der Waals surface area (Å²) in [6.45, 7) is 0.373. The summed E-state index contributed by atoms with van der Waals surface area (Å²) in [5.41, 5.74) is 1.83. The smallest absolute Gasteiger partial charge is 0.310 e. The number of hydrogen-bond donors (Lipinski definition) is 2. The zero-order chi connectivity index (χ0) is 15.1. The summed E-state index contributed by atoms with van der Waals surface area (Å²) in [4.78, 5) is 11.7. The Kier molecular flexibility index (Phi) is 5.21. The van der Waals surface area contributed by atoms with Gasteiger partial charge in [0.05, 0.1) is 13.0 Å². The number of phenolic OH excluding ortho intramolecular Hbond substituents is 2. The van der Waals surface area contributed by atoms with Crippen molar-refractivity contribution in [1.29, 1.82) is 0 Å². The van der Waals surface area contributed by atoms with Gasteiger partial charge in [-0.05, 0) is 36.1 Å². The van der Waals surface area contributed by atoms with Crippen molar-refractivity contribution < 1.29 is 19.7 Å². The van der Waals surface area contributed by atoms with Gasteiger partial charge in [0.1, 0.15) is 0 Å². The van der Waals surface area contributed by atoms with E-state index in [1.165, 1.54) is 17.7 Å². The number of phenols is 2. The fraction of sp³-hybridized carbons (Fsp3) is 0.235. The number of rotatable bonds is 6. The first kappa shape index (κ1) is 14.9. The van der Waals surface area contributed by atoms with Crippen LogP contribution in [0, 0.1) is 0 Å². The van der Waals surface area contributed by atoms with Gasteiger partial charge in [-0.1, -0.05) is 36.4 Å². The predicted molar refractivity (Wildman–Crippen MR) is 79.2 cm³/mol. The third-order valence-corrected chi connectivity index (χ3v) is 3.10. The Morgan fingerprint density at radius 1 is 0.952 bits per heavy atom. The molecule has 0 spiro atoms. The fourth-order valence-corrected chi connectivity index (χ4v) is 2.00. The van der Waals surface area contributed by atoms with Crippen molar-refractivity contribution in [1.82, 2.24) is 0 Å². The topological polar surface area (TPSA) is 66.8 Å². The molecule has 110 valence electrons. The van der Waals surface area contributed by atoms with Crippen molar-refractivity contribution >= 4 is 5.97 Å². The van der Waals surface area contributed by atoms with E-state index in [0.29, 0.717) is 12.2 Å². The Balaban J connectivity index is 1.71. The van der Waals surface area contributed by atoms with Gasteiger partial charge < -0.3 is 14.9 Å². The van der Waals surface area contributed by atoms with E-state index in [9.17, 15) is 15.0 Å². The Labute approximate surface area is 123 Å². The normalized spacial score (nSPS) is 10.3. The van der Waals surface area contributed by atoms with Crippen molar-refractivity contribution in [2.45, 2.75) is 19.3 Å². The molecule has 2 aromatic rings. The van der Waals surface area contributed by atoms with Gasteiger partial charge in [-0.15, -0.1) is 0 Å². The Bertz CT molecular complexity index is 593. The minimum atomic E-state index is -0.340. The third-order valence-electron chi connectivity index (χ3n) is 3.10. The molecule has 0 aliphatic rings. The number of carbonyl (C=O) groups excluding carboxylic acids is 1. The van der Waals surface area contributed by atoms with Crippen LogP contribution in [0.5, 0.6) is 11.5 Å². The summed E-state index contributed by atoms with van der Waals surface area (Å²) in [5.74, 6) is -0.771. The molecule has 0 radical (unpaired) electrons. The summed E-state index contributed by atoms with van der Waals surface area (Å²) < 4.78 is 5.15. The molecule has 0 aliphatic carbocycles. The number of esters is 1. The second-order valence-corrected chi connectivity index (χ2v) is 4.81. The molecule has 0 heterocycles. The minimum Gasteiger partial charge on any atom is -0.504 e. The van der Waals surface area contributed by atoms with Crippen LogP contribution in [0.25, 0.3) is 0 Å². The zero-order valence-electron chi connectivity index (χ0n) is 11.7. The highest BCUT2D eigenvalue weighted by atomic mass is 16.5. The molecule has 0 amide bonds. The monoisotopic (exact) mass is 286 g/mol. The molecule has 0 aromatic heterocycles. The molecule has 4 nitrogen and oxygen atoms in total. The Morgan fingerprint density at radius 3 is 2.43 bits per heavy atom. The van der Waals surface area contributed by atoms with Crippen LogP contribution in [0.3, 0.4) is 0 Å². The number of carbonyl (C=O) groups is 1. The summed E-state index contributed by atoms with van der Waals surface area (Å²) in [5, 5.41) is 18.5. The fourth-order valence-electron chi connectivity index (χ4n) is 2.00. The van der Waals surface area contributed by atoms with E-state index in [1.54, 1.807) is 6.07 Å². The van der Waals surface area contributed by atoms with E-state index < -0.39 is 0 Å². The van der Waals surface area contributed by atoms with E-state index in [-0.39, 0.29) is 23.9 Å². The van der Waals surface area contributed by atoms with Crippen LogP contribution in [0.4, 0.5) is 0 Å². The van der Waals surface area contributed by atoms with E-state index in [2.05, 4.69) is 0 Å². The molecule has 0 saturated heterocycles. The van der Waals surface area contributed by atoms with Gasteiger partial charge in [-0.25, -0.2) is 0 Å². The summed E-state index contributed by atoms with van der Waals surface area (Å²) in [6.07, 6.45) is 1.73. The Hall–Kier alpha value is -2.49. The second kappa shape index (κ2) is 7.33. The highest BCUT2D eigenvalue weighted by Gasteiger charge is 2.07. The van der Waals surface area contributed by atoms with Crippen molar-refractivity contribution in [3.8, 4) is 11.5 Å². The molecule has 0 fully saturated rings. The molecular formula is C17H18O4. The summed E-state index contributed by atoms with van der Waals surface area (Å²) in [6, 6.07) is 14.3. The maximum absolute atomic E-state index is 11.7. The lowest BCUT2D eigenvalue weighted by atomic mass is 10.1. The van der Waals surface area contributed by atoms with Crippen LogP contribution in [0.15, 0.2) is 48.5 Å². The Morgan fingerprint density at radius 2 is 1.71 bits per heavy atom. The second-order valence-electron chi connectivity index (χ2n) is 4.81. The summed E-state index contributed by atoms with van der Waals surface area (Å²) >= 11 is 0. The maximum Gasteiger partial charge on any atom is 0.310 e. The first-order valence-electron chi connectivity index (χ1n) is 6.85. The van der Waals surface area contributed by atoms with E-state index in [0.717, 1.165) is 12.8 Å². The van der Waals surface area contributed by atoms with Gasteiger partial charge in [0.2, 0.25) is 0 Å². The number of benzene rings is 2. The maximum atomic E-state index is 11.7. The van der Waals surface area contributed by atoms with Crippen molar-refractivity contribution in [3.63, 3.8) is 0 Å². The molecule has 21 heavy (non-hydrogen) atoms. The molecule has 2 N–H and O–H groups in total. The van der Waals surface area contributed by atoms with Gasteiger partial charge in [0, 0.05) is 0 Å². The number of hydrogen-bond acceptors (Lipinski definition) is 4. The van der Waals surface area contributed by atoms with E-state index in [4.69, 9.17) is 4.74 Å². The van der Waals surface area contributed by atoms with Crippen LogP contribution < -0.4 is 0 Å². The number of aromatic hydroxyl groups is 2. The molecule has 0 atom stereocenters. The van der Waals surface area contributed by atoms with Gasteiger partial charge in [0.25, 0.3) is 0 Å². The average Bonchev–Trinajstić information content (AvgIpc) is 2.49. The van der Waals surface area contributed by atoms with Crippen LogP contribution in [0.2, 0.25) is 0 Å². The zero-order valence-corrected chi connectivity index (χ0v) is 11.7. The molecule has 0 unspecified atom stereocenters. The number of aryl methyl sites for hydroxylation is 1. The van der Waals surface area contributed by atoms with Crippen LogP contribution in [-0.4, -0.2) is 22.8 Å². The predicted octanol–water partition coefficient (Wildman–Crippen LogP) is 2.82. The van der Waals surface area contributed by atoms with Gasteiger partial charge in [-0.3, -0.25) is 4.79 Å². The molecule has 2 aromatic carbocycles. The van der Waals surface area contributed by atoms with Crippen LogP contribution in [0.1, 0.15) is 17.5 Å². The molecule has 0 aliphatic heterocycles. The highest BCUT2D eigenvalue weighted by molar-refractivity contribution is 5.72. The average molecular weight is 286 g/mol. The lowest BCUT2D eigenvalue weighted by Gasteiger charge is -2.06.